The molecule has 1 aromatic heterocycles. The van der Waals surface area contributed by atoms with Crippen molar-refractivity contribution in [2.45, 2.75) is 27.2 Å². The summed E-state index contributed by atoms with van der Waals surface area (Å²) in [7, 11) is 0. The molecule has 0 saturated carbocycles. The molecule has 0 fully saturated rings. The molecule has 0 atom stereocenters. The molecular formula is C14H15ClN4. The van der Waals surface area contributed by atoms with Gasteiger partial charge in [0, 0.05) is 5.02 Å². The number of hydrogen-bond acceptors (Lipinski definition) is 3. The van der Waals surface area contributed by atoms with Gasteiger partial charge in [-0.15, -0.1) is 5.10 Å². The van der Waals surface area contributed by atoms with Gasteiger partial charge >= 0.3 is 0 Å². The predicted octanol–water partition coefficient (Wildman–Crippen LogP) is 3.30. The van der Waals surface area contributed by atoms with E-state index in [1.807, 2.05) is 25.1 Å². The van der Waals surface area contributed by atoms with Crippen molar-refractivity contribution in [3.63, 3.8) is 0 Å². The predicted molar refractivity (Wildman–Crippen MR) is 74.4 cm³/mol. The van der Waals surface area contributed by atoms with Gasteiger partial charge in [0.1, 0.15) is 6.07 Å². The maximum Gasteiger partial charge on any atom is 0.186 e. The average Bonchev–Trinajstić information content (AvgIpc) is 2.75. The molecule has 2 aromatic rings. The smallest absolute Gasteiger partial charge is 0.186 e. The van der Waals surface area contributed by atoms with E-state index >= 15 is 0 Å². The fourth-order valence-corrected chi connectivity index (χ4v) is 2.05. The van der Waals surface area contributed by atoms with E-state index in [4.69, 9.17) is 16.9 Å². The van der Waals surface area contributed by atoms with E-state index in [9.17, 15) is 0 Å². The molecule has 0 aliphatic carbocycles. The average molecular weight is 275 g/mol. The van der Waals surface area contributed by atoms with Crippen molar-refractivity contribution in [1.82, 2.24) is 15.0 Å². The van der Waals surface area contributed by atoms with Crippen LogP contribution < -0.4 is 0 Å². The normalized spacial score (nSPS) is 10.7. The Morgan fingerprint density at radius 1 is 1.42 bits per heavy atom. The number of hydrogen-bond donors (Lipinski definition) is 0. The molecule has 0 unspecified atom stereocenters. The highest BCUT2D eigenvalue weighted by molar-refractivity contribution is 6.31. The lowest BCUT2D eigenvalue weighted by Gasteiger charge is -2.09. The van der Waals surface area contributed by atoms with Gasteiger partial charge in [-0.2, -0.15) is 5.26 Å². The van der Waals surface area contributed by atoms with Crippen molar-refractivity contribution >= 4 is 11.6 Å². The van der Waals surface area contributed by atoms with Gasteiger partial charge in [0.25, 0.3) is 0 Å². The largest absolute Gasteiger partial charge is 0.216 e. The monoisotopic (exact) mass is 274 g/mol. The topological polar surface area (TPSA) is 54.5 Å². The molecule has 4 nitrogen and oxygen atoms in total. The molecule has 0 N–H and O–H groups in total. The van der Waals surface area contributed by atoms with E-state index in [2.05, 4.69) is 30.2 Å². The molecule has 1 aromatic carbocycles. The molecule has 0 spiro atoms. The van der Waals surface area contributed by atoms with Crippen LogP contribution in [0.25, 0.3) is 5.69 Å². The van der Waals surface area contributed by atoms with Crippen molar-refractivity contribution in [1.29, 1.82) is 5.26 Å². The summed E-state index contributed by atoms with van der Waals surface area (Å²) in [5.74, 6) is 0.422. The lowest BCUT2D eigenvalue weighted by Crippen LogP contribution is -2.06. The maximum absolute atomic E-state index is 9.10. The van der Waals surface area contributed by atoms with Gasteiger partial charge in [0.15, 0.2) is 5.69 Å². The lowest BCUT2D eigenvalue weighted by atomic mass is 10.1. The molecule has 98 valence electrons. The number of aryl methyl sites for hydroxylation is 1. The minimum Gasteiger partial charge on any atom is -0.216 e. The van der Waals surface area contributed by atoms with E-state index in [1.54, 1.807) is 4.68 Å². The summed E-state index contributed by atoms with van der Waals surface area (Å²) in [4.78, 5) is 0. The van der Waals surface area contributed by atoms with Crippen LogP contribution in [-0.2, 0) is 6.42 Å². The number of nitrogens with zero attached hydrogens (tertiary/aromatic N) is 4. The lowest BCUT2D eigenvalue weighted by molar-refractivity contribution is 0.613. The second-order valence-corrected chi connectivity index (χ2v) is 5.35. The minimum absolute atomic E-state index is 0.380. The first-order valence-electron chi connectivity index (χ1n) is 6.14. The molecule has 0 aliphatic heterocycles. The van der Waals surface area contributed by atoms with Gasteiger partial charge in [-0.25, -0.2) is 4.68 Å². The summed E-state index contributed by atoms with van der Waals surface area (Å²) in [6, 6.07) is 7.80. The van der Waals surface area contributed by atoms with E-state index in [0.717, 1.165) is 23.4 Å². The Labute approximate surface area is 117 Å². The fraction of sp³-hybridized carbons (Fsp3) is 0.357. The quantitative estimate of drug-likeness (QED) is 0.863. The van der Waals surface area contributed by atoms with Crippen molar-refractivity contribution in [3.8, 4) is 11.8 Å². The minimum atomic E-state index is 0.380. The third-order valence-corrected chi connectivity index (χ3v) is 3.28. The Morgan fingerprint density at radius 3 is 2.74 bits per heavy atom. The van der Waals surface area contributed by atoms with E-state index in [0.29, 0.717) is 16.6 Å². The molecule has 0 aliphatic rings. The van der Waals surface area contributed by atoms with E-state index in [1.165, 1.54) is 0 Å². The van der Waals surface area contributed by atoms with Crippen LogP contribution in [0.3, 0.4) is 0 Å². The van der Waals surface area contributed by atoms with Crippen LogP contribution >= 0.6 is 11.6 Å². The van der Waals surface area contributed by atoms with Gasteiger partial charge in [0.05, 0.1) is 11.4 Å². The molecule has 5 heteroatoms. The Balaban J connectivity index is 2.52. The van der Waals surface area contributed by atoms with E-state index < -0.39 is 0 Å². The van der Waals surface area contributed by atoms with Gasteiger partial charge in [0.2, 0.25) is 0 Å². The van der Waals surface area contributed by atoms with Gasteiger partial charge in [-0.1, -0.05) is 36.7 Å². The zero-order valence-corrected chi connectivity index (χ0v) is 11.9. The number of nitriles is 1. The molecule has 19 heavy (non-hydrogen) atoms. The zero-order chi connectivity index (χ0) is 14.0. The second kappa shape index (κ2) is 5.41. The van der Waals surface area contributed by atoms with Crippen LogP contribution in [0.1, 0.15) is 30.8 Å². The highest BCUT2D eigenvalue weighted by atomic mass is 35.5. The Hall–Kier alpha value is -1.86. The highest BCUT2D eigenvalue weighted by Gasteiger charge is 2.15. The summed E-state index contributed by atoms with van der Waals surface area (Å²) < 4.78 is 1.70. The van der Waals surface area contributed by atoms with Gasteiger partial charge in [-0.3, -0.25) is 0 Å². The molecule has 0 bridgehead atoms. The number of rotatable bonds is 3. The summed E-state index contributed by atoms with van der Waals surface area (Å²) in [5, 5.41) is 17.8. The summed E-state index contributed by atoms with van der Waals surface area (Å²) in [6.45, 7) is 6.14. The molecule has 0 radical (unpaired) electrons. The summed E-state index contributed by atoms with van der Waals surface area (Å²) >= 11 is 6.14. The SMILES string of the molecule is Cc1ccc(-n2nnc(C#N)c2CC(C)C)cc1Cl. The number of halogens is 1. The van der Waals surface area contributed by atoms with Gasteiger partial charge < -0.3 is 0 Å². The molecule has 0 saturated heterocycles. The first kappa shape index (κ1) is 13.6. The van der Waals surface area contributed by atoms with Crippen LogP contribution in [0.5, 0.6) is 0 Å². The van der Waals surface area contributed by atoms with Crippen LogP contribution in [0.4, 0.5) is 0 Å². The third kappa shape index (κ3) is 2.77. The molecule has 0 amide bonds. The van der Waals surface area contributed by atoms with E-state index in [-0.39, 0.29) is 0 Å². The van der Waals surface area contributed by atoms with Crippen molar-refractivity contribution in [2.75, 3.05) is 0 Å². The first-order chi connectivity index (χ1) is 9.02. The van der Waals surface area contributed by atoms with Crippen LogP contribution in [0, 0.1) is 24.2 Å². The molecule has 2 rings (SSSR count). The molecular weight excluding hydrogens is 260 g/mol. The van der Waals surface area contributed by atoms with Crippen LogP contribution in [-0.4, -0.2) is 15.0 Å². The van der Waals surface area contributed by atoms with Crippen LogP contribution in [0.15, 0.2) is 18.2 Å². The second-order valence-electron chi connectivity index (χ2n) is 4.94. The van der Waals surface area contributed by atoms with Gasteiger partial charge in [-0.05, 0) is 37.0 Å². The van der Waals surface area contributed by atoms with Crippen molar-refractivity contribution < 1.29 is 0 Å². The number of aromatic nitrogens is 3. The highest BCUT2D eigenvalue weighted by Crippen LogP contribution is 2.21. The maximum atomic E-state index is 9.10. The Kier molecular flexibility index (Phi) is 3.87. The Morgan fingerprint density at radius 2 is 2.16 bits per heavy atom. The first-order valence-corrected chi connectivity index (χ1v) is 6.52. The number of benzene rings is 1. The third-order valence-electron chi connectivity index (χ3n) is 2.87. The van der Waals surface area contributed by atoms with Crippen LogP contribution in [0.2, 0.25) is 5.02 Å². The zero-order valence-electron chi connectivity index (χ0n) is 11.2. The Bertz CT molecular complexity index is 637. The van der Waals surface area contributed by atoms with Crippen molar-refractivity contribution in [2.24, 2.45) is 5.92 Å². The standard InChI is InChI=1S/C14H15ClN4/c1-9(2)6-14-13(8-16)17-18-19(14)11-5-4-10(3)12(15)7-11/h4-5,7,9H,6H2,1-3H3. The summed E-state index contributed by atoms with van der Waals surface area (Å²) in [5.41, 5.74) is 3.06. The van der Waals surface area contributed by atoms with Crippen molar-refractivity contribution in [3.05, 3.63) is 40.2 Å². The molecule has 1 heterocycles. The fourth-order valence-electron chi connectivity index (χ4n) is 1.88. The summed E-state index contributed by atoms with van der Waals surface area (Å²) in [6.07, 6.45) is 0.751.